The summed E-state index contributed by atoms with van der Waals surface area (Å²) in [5, 5.41) is 3.16. The Morgan fingerprint density at radius 2 is 2.06 bits per heavy atom. The van der Waals surface area contributed by atoms with E-state index in [2.05, 4.69) is 11.4 Å². The summed E-state index contributed by atoms with van der Waals surface area (Å²) in [6.45, 7) is 2.48. The molecule has 0 amide bonds. The smallest absolute Gasteiger partial charge is 0.124 e. The van der Waals surface area contributed by atoms with Gasteiger partial charge in [0.1, 0.15) is 11.9 Å². The fourth-order valence-corrected chi connectivity index (χ4v) is 1.93. The van der Waals surface area contributed by atoms with Gasteiger partial charge >= 0.3 is 0 Å². The molecule has 1 fully saturated rings. The van der Waals surface area contributed by atoms with Crippen LogP contribution >= 0.6 is 0 Å². The van der Waals surface area contributed by atoms with E-state index in [9.17, 15) is 0 Å². The topological polar surface area (TPSA) is 30.5 Å². The van der Waals surface area contributed by atoms with E-state index in [-0.39, 0.29) is 0 Å². The Bertz CT molecular complexity index is 321. The minimum absolute atomic E-state index is 0.312. The molecule has 0 aliphatic carbocycles. The minimum atomic E-state index is 0.312. The van der Waals surface area contributed by atoms with Gasteiger partial charge in [-0.25, -0.2) is 0 Å². The lowest BCUT2D eigenvalue weighted by Gasteiger charge is -2.24. The Morgan fingerprint density at radius 1 is 1.31 bits per heavy atom. The average molecular weight is 221 g/mol. The van der Waals surface area contributed by atoms with Gasteiger partial charge in [0.2, 0.25) is 0 Å². The average Bonchev–Trinajstić information content (AvgIpc) is 2.33. The molecule has 1 aromatic rings. The van der Waals surface area contributed by atoms with Crippen LogP contribution in [0, 0.1) is 0 Å². The molecule has 0 spiro atoms. The summed E-state index contributed by atoms with van der Waals surface area (Å²) in [5.74, 6) is 1.00. The Labute approximate surface area is 96.8 Å². The molecule has 0 saturated carbocycles. The Hall–Kier alpha value is -1.06. The van der Waals surface area contributed by atoms with Crippen molar-refractivity contribution in [1.29, 1.82) is 0 Å². The largest absolute Gasteiger partial charge is 0.490 e. The molecule has 0 atom stereocenters. The first-order chi connectivity index (χ1) is 7.90. The van der Waals surface area contributed by atoms with Gasteiger partial charge in [-0.05, 0) is 13.1 Å². The highest BCUT2D eigenvalue weighted by Crippen LogP contribution is 2.22. The third-order valence-corrected chi connectivity index (χ3v) is 2.80. The highest BCUT2D eigenvalue weighted by Gasteiger charge is 2.16. The van der Waals surface area contributed by atoms with Crippen LogP contribution in [0.15, 0.2) is 24.3 Å². The molecule has 2 rings (SSSR count). The first kappa shape index (κ1) is 11.4. The number of ether oxygens (including phenoxy) is 2. The van der Waals surface area contributed by atoms with Crippen LogP contribution in [0.2, 0.25) is 0 Å². The summed E-state index contributed by atoms with van der Waals surface area (Å²) in [6.07, 6.45) is 2.30. The van der Waals surface area contributed by atoms with Gasteiger partial charge in [-0.1, -0.05) is 18.2 Å². The maximum Gasteiger partial charge on any atom is 0.124 e. The first-order valence-electron chi connectivity index (χ1n) is 5.87. The van der Waals surface area contributed by atoms with Crippen molar-refractivity contribution in [3.05, 3.63) is 29.8 Å². The van der Waals surface area contributed by atoms with E-state index in [4.69, 9.17) is 9.47 Å². The molecule has 88 valence electrons. The summed E-state index contributed by atoms with van der Waals surface area (Å²) in [6, 6.07) is 8.21. The molecule has 0 radical (unpaired) electrons. The molecule has 1 saturated heterocycles. The van der Waals surface area contributed by atoms with Crippen molar-refractivity contribution in [3.63, 3.8) is 0 Å². The zero-order chi connectivity index (χ0) is 11.2. The molecule has 0 unspecified atom stereocenters. The van der Waals surface area contributed by atoms with Gasteiger partial charge in [0.05, 0.1) is 13.2 Å². The lowest BCUT2D eigenvalue weighted by molar-refractivity contribution is 0.0251. The van der Waals surface area contributed by atoms with Crippen molar-refractivity contribution in [2.45, 2.75) is 25.5 Å². The van der Waals surface area contributed by atoms with E-state index in [1.165, 1.54) is 5.56 Å². The van der Waals surface area contributed by atoms with Crippen LogP contribution in [0.3, 0.4) is 0 Å². The van der Waals surface area contributed by atoms with Crippen LogP contribution in [0.1, 0.15) is 18.4 Å². The fraction of sp³-hybridized carbons (Fsp3) is 0.538. The third-order valence-electron chi connectivity index (χ3n) is 2.80. The van der Waals surface area contributed by atoms with Gasteiger partial charge in [0, 0.05) is 24.9 Å². The minimum Gasteiger partial charge on any atom is -0.490 e. The van der Waals surface area contributed by atoms with Gasteiger partial charge in [0.15, 0.2) is 0 Å². The van der Waals surface area contributed by atoms with Crippen molar-refractivity contribution >= 4 is 0 Å². The van der Waals surface area contributed by atoms with Crippen molar-refractivity contribution in [2.24, 2.45) is 0 Å². The number of benzene rings is 1. The van der Waals surface area contributed by atoms with E-state index in [1.54, 1.807) is 0 Å². The van der Waals surface area contributed by atoms with Crippen LogP contribution in [-0.2, 0) is 11.3 Å². The molecule has 3 nitrogen and oxygen atoms in total. The maximum atomic E-state index is 6.02. The zero-order valence-corrected chi connectivity index (χ0v) is 9.74. The standard InChI is InChI=1S/C13H19NO2/c1-14-10-11-4-2-3-5-13(11)16-12-6-8-15-9-7-12/h2-5,12,14H,6-10H2,1H3. The van der Waals surface area contributed by atoms with Crippen molar-refractivity contribution in [3.8, 4) is 5.75 Å². The van der Waals surface area contributed by atoms with Crippen LogP contribution in [-0.4, -0.2) is 26.4 Å². The summed E-state index contributed by atoms with van der Waals surface area (Å²) in [5.41, 5.74) is 1.22. The van der Waals surface area contributed by atoms with Gasteiger partial charge in [-0.3, -0.25) is 0 Å². The van der Waals surface area contributed by atoms with Crippen molar-refractivity contribution in [1.82, 2.24) is 5.32 Å². The lowest BCUT2D eigenvalue weighted by Crippen LogP contribution is -2.26. The molecule has 16 heavy (non-hydrogen) atoms. The van der Waals surface area contributed by atoms with E-state index in [1.807, 2.05) is 25.2 Å². The predicted octanol–water partition coefficient (Wildman–Crippen LogP) is 1.96. The summed E-state index contributed by atoms with van der Waals surface area (Å²) < 4.78 is 11.3. The van der Waals surface area contributed by atoms with Crippen LogP contribution < -0.4 is 10.1 Å². The molecular formula is C13H19NO2. The highest BCUT2D eigenvalue weighted by molar-refractivity contribution is 5.33. The van der Waals surface area contributed by atoms with Crippen LogP contribution in [0.5, 0.6) is 5.75 Å². The van der Waals surface area contributed by atoms with Crippen molar-refractivity contribution in [2.75, 3.05) is 20.3 Å². The molecule has 0 aromatic heterocycles. The molecular weight excluding hydrogens is 202 g/mol. The monoisotopic (exact) mass is 221 g/mol. The third kappa shape index (κ3) is 2.97. The van der Waals surface area contributed by atoms with Crippen molar-refractivity contribution < 1.29 is 9.47 Å². The van der Waals surface area contributed by atoms with Gasteiger partial charge in [-0.2, -0.15) is 0 Å². The maximum absolute atomic E-state index is 6.02. The number of hydrogen-bond acceptors (Lipinski definition) is 3. The van der Waals surface area contributed by atoms with Gasteiger partial charge in [-0.15, -0.1) is 0 Å². The molecule has 1 N–H and O–H groups in total. The quantitative estimate of drug-likeness (QED) is 0.843. The molecule has 1 aliphatic rings. The number of para-hydroxylation sites is 1. The SMILES string of the molecule is CNCc1ccccc1OC1CCOCC1. The van der Waals surface area contributed by atoms with Gasteiger partial charge in [0.25, 0.3) is 0 Å². The predicted molar refractivity (Wildman–Crippen MR) is 63.7 cm³/mol. The summed E-state index contributed by atoms with van der Waals surface area (Å²) >= 11 is 0. The first-order valence-corrected chi connectivity index (χ1v) is 5.87. The second-order valence-corrected chi connectivity index (χ2v) is 4.07. The highest BCUT2D eigenvalue weighted by atomic mass is 16.5. The summed E-state index contributed by atoms with van der Waals surface area (Å²) in [7, 11) is 1.95. The number of nitrogens with one attached hydrogen (secondary N) is 1. The zero-order valence-electron chi connectivity index (χ0n) is 9.74. The van der Waals surface area contributed by atoms with Gasteiger partial charge < -0.3 is 14.8 Å². The lowest BCUT2D eigenvalue weighted by atomic mass is 10.1. The molecule has 0 bridgehead atoms. The molecule has 1 aromatic carbocycles. The number of rotatable bonds is 4. The molecule has 3 heteroatoms. The summed E-state index contributed by atoms with van der Waals surface area (Å²) in [4.78, 5) is 0. The second-order valence-electron chi connectivity index (χ2n) is 4.07. The van der Waals surface area contributed by atoms with E-state index in [0.717, 1.165) is 38.3 Å². The molecule has 1 heterocycles. The van der Waals surface area contributed by atoms with E-state index < -0.39 is 0 Å². The Balaban J connectivity index is 2.01. The number of hydrogen-bond donors (Lipinski definition) is 1. The van der Waals surface area contributed by atoms with E-state index >= 15 is 0 Å². The molecule has 1 aliphatic heterocycles. The second kappa shape index (κ2) is 5.87. The Morgan fingerprint density at radius 3 is 2.81 bits per heavy atom. The van der Waals surface area contributed by atoms with E-state index in [0.29, 0.717) is 6.10 Å². The van der Waals surface area contributed by atoms with Crippen LogP contribution in [0.4, 0.5) is 0 Å². The fourth-order valence-electron chi connectivity index (χ4n) is 1.93. The normalized spacial score (nSPS) is 17.3. The van der Waals surface area contributed by atoms with Crippen LogP contribution in [0.25, 0.3) is 0 Å². The Kier molecular flexibility index (Phi) is 4.19.